The minimum Gasteiger partial charge on any atom is -0.348 e. The average molecular weight is 286 g/mol. The molecule has 2 heterocycles. The molecule has 19 heavy (non-hydrogen) atoms. The van der Waals surface area contributed by atoms with Crippen LogP contribution >= 0.6 is 11.6 Å². The SMILES string of the molecule is CCN1CCN(c2nc(Cl)ncc2[N+](=O)[O-])CC1C. The van der Waals surface area contributed by atoms with Crippen LogP contribution in [0.25, 0.3) is 0 Å². The van der Waals surface area contributed by atoms with Crippen LogP contribution in [0.3, 0.4) is 0 Å². The predicted octanol–water partition coefficient (Wildman–Crippen LogP) is 1.57. The lowest BCUT2D eigenvalue weighted by atomic mass is 10.2. The van der Waals surface area contributed by atoms with Crippen molar-refractivity contribution in [2.24, 2.45) is 0 Å². The zero-order valence-electron chi connectivity index (χ0n) is 10.9. The molecule has 104 valence electrons. The van der Waals surface area contributed by atoms with Crippen molar-refractivity contribution in [1.29, 1.82) is 0 Å². The molecule has 1 aliphatic heterocycles. The van der Waals surface area contributed by atoms with Gasteiger partial charge in [-0.1, -0.05) is 6.92 Å². The van der Waals surface area contributed by atoms with Crippen LogP contribution in [0.4, 0.5) is 11.5 Å². The highest BCUT2D eigenvalue weighted by atomic mass is 35.5. The third-order valence-corrected chi connectivity index (χ3v) is 3.57. The number of nitro groups is 1. The van der Waals surface area contributed by atoms with E-state index in [0.717, 1.165) is 13.1 Å². The summed E-state index contributed by atoms with van der Waals surface area (Å²) in [5.74, 6) is 0.313. The number of likely N-dealkylation sites (N-methyl/N-ethyl adjacent to an activating group) is 1. The van der Waals surface area contributed by atoms with E-state index in [1.807, 2.05) is 4.90 Å². The predicted molar refractivity (Wildman–Crippen MR) is 72.6 cm³/mol. The van der Waals surface area contributed by atoms with Crippen molar-refractivity contribution in [3.63, 3.8) is 0 Å². The van der Waals surface area contributed by atoms with E-state index in [1.165, 1.54) is 6.20 Å². The van der Waals surface area contributed by atoms with Gasteiger partial charge in [0.15, 0.2) is 0 Å². The van der Waals surface area contributed by atoms with E-state index < -0.39 is 4.92 Å². The molecule has 1 aromatic rings. The first-order valence-electron chi connectivity index (χ1n) is 6.18. The summed E-state index contributed by atoms with van der Waals surface area (Å²) in [6.07, 6.45) is 1.17. The number of piperazine rings is 1. The van der Waals surface area contributed by atoms with Crippen molar-refractivity contribution >= 4 is 23.1 Å². The van der Waals surface area contributed by atoms with E-state index in [0.29, 0.717) is 24.9 Å². The minimum absolute atomic E-state index is 0.0335. The molecule has 7 nitrogen and oxygen atoms in total. The Labute approximate surface area is 116 Å². The second-order valence-electron chi connectivity index (χ2n) is 4.53. The smallest absolute Gasteiger partial charge is 0.329 e. The Morgan fingerprint density at radius 2 is 2.32 bits per heavy atom. The molecule has 0 aliphatic carbocycles. The van der Waals surface area contributed by atoms with Crippen molar-refractivity contribution in [3.05, 3.63) is 21.6 Å². The van der Waals surface area contributed by atoms with E-state index in [2.05, 4.69) is 28.7 Å². The maximum atomic E-state index is 11.0. The van der Waals surface area contributed by atoms with Crippen LogP contribution in [0.1, 0.15) is 13.8 Å². The highest BCUT2D eigenvalue weighted by Gasteiger charge is 2.28. The summed E-state index contributed by atoms with van der Waals surface area (Å²) in [4.78, 5) is 22.5. The third-order valence-electron chi connectivity index (χ3n) is 3.39. The number of hydrogen-bond acceptors (Lipinski definition) is 6. The normalized spacial score (nSPS) is 20.6. The number of aromatic nitrogens is 2. The molecule has 0 saturated carbocycles. The summed E-state index contributed by atoms with van der Waals surface area (Å²) in [5.41, 5.74) is -0.0958. The number of hydrogen-bond donors (Lipinski definition) is 0. The van der Waals surface area contributed by atoms with Gasteiger partial charge in [-0.2, -0.15) is 4.98 Å². The molecule has 1 atom stereocenters. The van der Waals surface area contributed by atoms with Gasteiger partial charge in [0.2, 0.25) is 11.1 Å². The highest BCUT2D eigenvalue weighted by molar-refractivity contribution is 6.28. The Kier molecular flexibility index (Phi) is 4.16. The van der Waals surface area contributed by atoms with Gasteiger partial charge in [0.1, 0.15) is 6.20 Å². The summed E-state index contributed by atoms with van der Waals surface area (Å²) in [7, 11) is 0. The summed E-state index contributed by atoms with van der Waals surface area (Å²) in [6.45, 7) is 7.44. The first-order chi connectivity index (χ1) is 9.02. The molecule has 1 fully saturated rings. The molecular weight excluding hydrogens is 270 g/mol. The maximum Gasteiger partial charge on any atom is 0.329 e. The van der Waals surface area contributed by atoms with E-state index in [1.54, 1.807) is 0 Å². The molecule has 2 rings (SSSR count). The van der Waals surface area contributed by atoms with Gasteiger partial charge in [0.05, 0.1) is 4.92 Å². The van der Waals surface area contributed by atoms with Gasteiger partial charge in [-0.05, 0) is 25.1 Å². The molecule has 0 radical (unpaired) electrons. The van der Waals surface area contributed by atoms with Crippen molar-refractivity contribution in [2.75, 3.05) is 31.1 Å². The summed E-state index contributed by atoms with van der Waals surface area (Å²) in [5, 5.41) is 11.1. The van der Waals surface area contributed by atoms with Crippen LogP contribution < -0.4 is 4.90 Å². The number of nitrogens with zero attached hydrogens (tertiary/aromatic N) is 5. The van der Waals surface area contributed by atoms with Gasteiger partial charge in [0, 0.05) is 25.7 Å². The lowest BCUT2D eigenvalue weighted by molar-refractivity contribution is -0.384. The lowest BCUT2D eigenvalue weighted by Gasteiger charge is -2.39. The van der Waals surface area contributed by atoms with Crippen LogP contribution in [0.15, 0.2) is 6.20 Å². The Bertz CT molecular complexity index is 484. The average Bonchev–Trinajstić information content (AvgIpc) is 2.38. The van der Waals surface area contributed by atoms with Crippen LogP contribution in [0, 0.1) is 10.1 Å². The quantitative estimate of drug-likeness (QED) is 0.477. The molecule has 1 saturated heterocycles. The molecular formula is C11H16ClN5O2. The highest BCUT2D eigenvalue weighted by Crippen LogP contribution is 2.27. The summed E-state index contributed by atoms with van der Waals surface area (Å²) >= 11 is 5.75. The van der Waals surface area contributed by atoms with Crippen molar-refractivity contribution in [3.8, 4) is 0 Å². The van der Waals surface area contributed by atoms with Crippen LogP contribution in [-0.2, 0) is 0 Å². The maximum absolute atomic E-state index is 11.0. The largest absolute Gasteiger partial charge is 0.348 e. The number of anilines is 1. The fourth-order valence-corrected chi connectivity index (χ4v) is 2.49. The second-order valence-corrected chi connectivity index (χ2v) is 4.87. The molecule has 0 aromatic carbocycles. The van der Waals surface area contributed by atoms with Gasteiger partial charge >= 0.3 is 5.69 Å². The minimum atomic E-state index is -0.470. The fraction of sp³-hybridized carbons (Fsp3) is 0.636. The van der Waals surface area contributed by atoms with Gasteiger partial charge in [-0.15, -0.1) is 0 Å². The monoisotopic (exact) mass is 285 g/mol. The zero-order valence-corrected chi connectivity index (χ0v) is 11.7. The zero-order chi connectivity index (χ0) is 14.0. The standard InChI is InChI=1S/C11H16ClN5O2/c1-3-15-4-5-16(7-8(15)2)10-9(17(18)19)6-13-11(12)14-10/h6,8H,3-5,7H2,1-2H3. The number of halogens is 1. The van der Waals surface area contributed by atoms with E-state index in [9.17, 15) is 10.1 Å². The van der Waals surface area contributed by atoms with Gasteiger partial charge < -0.3 is 4.90 Å². The molecule has 0 N–H and O–H groups in total. The Balaban J connectivity index is 2.27. The molecule has 8 heteroatoms. The Morgan fingerprint density at radius 3 is 2.89 bits per heavy atom. The molecule has 1 aliphatic rings. The fourth-order valence-electron chi connectivity index (χ4n) is 2.36. The molecule has 1 unspecified atom stereocenters. The van der Waals surface area contributed by atoms with Crippen molar-refractivity contribution in [2.45, 2.75) is 19.9 Å². The third kappa shape index (κ3) is 2.93. The lowest BCUT2D eigenvalue weighted by Crippen LogP contribution is -2.52. The van der Waals surface area contributed by atoms with Gasteiger partial charge in [-0.3, -0.25) is 15.0 Å². The first kappa shape index (κ1) is 14.0. The van der Waals surface area contributed by atoms with Gasteiger partial charge in [-0.25, -0.2) is 4.98 Å². The van der Waals surface area contributed by atoms with Crippen molar-refractivity contribution < 1.29 is 4.92 Å². The number of rotatable bonds is 3. The first-order valence-corrected chi connectivity index (χ1v) is 6.56. The molecule has 0 bridgehead atoms. The van der Waals surface area contributed by atoms with Crippen LogP contribution in [0.2, 0.25) is 5.28 Å². The van der Waals surface area contributed by atoms with Crippen LogP contribution in [0.5, 0.6) is 0 Å². The van der Waals surface area contributed by atoms with E-state index >= 15 is 0 Å². The molecule has 0 amide bonds. The van der Waals surface area contributed by atoms with Gasteiger partial charge in [0.25, 0.3) is 0 Å². The Morgan fingerprint density at radius 1 is 1.58 bits per heavy atom. The summed E-state index contributed by atoms with van der Waals surface area (Å²) < 4.78 is 0. The Hall–Kier alpha value is -1.47. The van der Waals surface area contributed by atoms with E-state index in [-0.39, 0.29) is 11.0 Å². The summed E-state index contributed by atoms with van der Waals surface area (Å²) in [6, 6.07) is 0.326. The topological polar surface area (TPSA) is 75.4 Å². The second kappa shape index (κ2) is 5.66. The van der Waals surface area contributed by atoms with E-state index in [4.69, 9.17) is 11.6 Å². The molecule has 1 aromatic heterocycles. The van der Waals surface area contributed by atoms with Crippen LogP contribution in [-0.4, -0.2) is 52.0 Å². The van der Waals surface area contributed by atoms with Crippen molar-refractivity contribution in [1.82, 2.24) is 14.9 Å². The molecule has 0 spiro atoms.